The molecule has 1 heteroatoms. The molecule has 1 aromatic carbocycles. The second kappa shape index (κ2) is 6.61. The second-order valence-electron chi connectivity index (χ2n) is 4.90. The van der Waals surface area contributed by atoms with Crippen molar-refractivity contribution in [2.45, 2.75) is 32.6 Å². The van der Waals surface area contributed by atoms with Crippen molar-refractivity contribution in [3.8, 4) is 0 Å². The van der Waals surface area contributed by atoms with E-state index in [0.717, 1.165) is 13.0 Å². The quantitative estimate of drug-likeness (QED) is 0.755. The molecule has 0 saturated carbocycles. The minimum atomic E-state index is 1.16. The van der Waals surface area contributed by atoms with Gasteiger partial charge in [-0.25, -0.2) is 0 Å². The summed E-state index contributed by atoms with van der Waals surface area (Å²) in [6.07, 6.45) is 7.69. The molecule has 0 unspecified atom stereocenters. The molecule has 0 spiro atoms. The van der Waals surface area contributed by atoms with Gasteiger partial charge in [0.1, 0.15) is 0 Å². The number of benzene rings is 1. The van der Waals surface area contributed by atoms with Crippen molar-refractivity contribution in [2.24, 2.45) is 0 Å². The first-order valence-electron chi connectivity index (χ1n) is 6.85. The largest absolute Gasteiger partial charge is 0.299 e. The Morgan fingerprint density at radius 2 is 1.82 bits per heavy atom. The minimum Gasteiger partial charge on any atom is -0.299 e. The Morgan fingerprint density at radius 1 is 1.12 bits per heavy atom. The van der Waals surface area contributed by atoms with Crippen LogP contribution in [-0.2, 0) is 0 Å². The molecule has 1 nitrogen and oxygen atoms in total. The molecule has 0 N–H and O–H groups in total. The van der Waals surface area contributed by atoms with E-state index in [-0.39, 0.29) is 0 Å². The Kier molecular flexibility index (Phi) is 4.81. The predicted octanol–water partition coefficient (Wildman–Crippen LogP) is 3.97. The summed E-state index contributed by atoms with van der Waals surface area (Å²) < 4.78 is 0. The van der Waals surface area contributed by atoms with Crippen molar-refractivity contribution in [3.05, 3.63) is 41.5 Å². The van der Waals surface area contributed by atoms with Crippen molar-refractivity contribution in [1.29, 1.82) is 0 Å². The molecule has 1 aliphatic heterocycles. The van der Waals surface area contributed by atoms with E-state index >= 15 is 0 Å². The van der Waals surface area contributed by atoms with Crippen LogP contribution in [0.15, 0.2) is 35.9 Å². The van der Waals surface area contributed by atoms with E-state index in [9.17, 15) is 0 Å². The molecular formula is C16H23N. The fraction of sp³-hybridized carbons (Fsp3) is 0.500. The lowest BCUT2D eigenvalue weighted by Crippen LogP contribution is -2.31. The fourth-order valence-corrected chi connectivity index (χ4v) is 2.45. The molecule has 0 aliphatic carbocycles. The average molecular weight is 229 g/mol. The predicted molar refractivity (Wildman–Crippen MR) is 75.0 cm³/mol. The molecule has 1 aromatic rings. The number of nitrogens with zero attached hydrogens (tertiary/aromatic N) is 1. The van der Waals surface area contributed by atoms with Crippen LogP contribution in [0.1, 0.15) is 38.2 Å². The number of rotatable bonds is 4. The van der Waals surface area contributed by atoms with Gasteiger partial charge in [-0.15, -0.1) is 0 Å². The van der Waals surface area contributed by atoms with Gasteiger partial charge in [0.2, 0.25) is 0 Å². The van der Waals surface area contributed by atoms with Crippen LogP contribution >= 0.6 is 0 Å². The van der Waals surface area contributed by atoms with E-state index in [2.05, 4.69) is 48.2 Å². The van der Waals surface area contributed by atoms with Crippen molar-refractivity contribution in [3.63, 3.8) is 0 Å². The van der Waals surface area contributed by atoms with Crippen molar-refractivity contribution < 1.29 is 0 Å². The second-order valence-corrected chi connectivity index (χ2v) is 4.90. The normalized spacial score (nSPS) is 18.3. The van der Waals surface area contributed by atoms with Crippen LogP contribution in [0, 0.1) is 0 Å². The highest BCUT2D eigenvalue weighted by Gasteiger charge is 2.10. The van der Waals surface area contributed by atoms with Gasteiger partial charge in [-0.1, -0.05) is 55.3 Å². The van der Waals surface area contributed by atoms with Gasteiger partial charge >= 0.3 is 0 Å². The maximum atomic E-state index is 2.60. The summed E-state index contributed by atoms with van der Waals surface area (Å²) in [5.41, 5.74) is 2.89. The third kappa shape index (κ3) is 4.01. The first-order valence-corrected chi connectivity index (χ1v) is 6.85. The van der Waals surface area contributed by atoms with Gasteiger partial charge in [0.25, 0.3) is 0 Å². The summed E-state index contributed by atoms with van der Waals surface area (Å²) in [4.78, 5) is 2.60. The summed E-state index contributed by atoms with van der Waals surface area (Å²) in [6, 6.07) is 10.7. The van der Waals surface area contributed by atoms with Gasteiger partial charge in [0.05, 0.1) is 0 Å². The standard InChI is InChI=1S/C16H23N/c1-2-15(13-16-9-5-3-6-10-16)14-17-11-7-4-8-12-17/h3,5-6,9-10,13H,2,4,7-8,11-12,14H2,1H3/b15-13-. The molecular weight excluding hydrogens is 206 g/mol. The molecule has 0 atom stereocenters. The van der Waals surface area contributed by atoms with E-state index in [4.69, 9.17) is 0 Å². The molecule has 1 saturated heterocycles. The van der Waals surface area contributed by atoms with E-state index in [1.165, 1.54) is 37.9 Å². The maximum Gasteiger partial charge on any atom is 0.0196 e. The molecule has 1 heterocycles. The Bertz CT molecular complexity index is 347. The highest BCUT2D eigenvalue weighted by molar-refractivity contribution is 5.52. The highest BCUT2D eigenvalue weighted by atomic mass is 15.1. The smallest absolute Gasteiger partial charge is 0.0196 e. The average Bonchev–Trinajstić information content (AvgIpc) is 2.40. The molecule has 0 bridgehead atoms. The molecule has 1 fully saturated rings. The van der Waals surface area contributed by atoms with Crippen LogP contribution in [0.2, 0.25) is 0 Å². The minimum absolute atomic E-state index is 1.16. The Balaban J connectivity index is 1.98. The molecule has 1 aliphatic rings. The molecule has 92 valence electrons. The summed E-state index contributed by atoms with van der Waals surface area (Å²) in [7, 11) is 0. The van der Waals surface area contributed by atoms with Crippen molar-refractivity contribution in [2.75, 3.05) is 19.6 Å². The molecule has 17 heavy (non-hydrogen) atoms. The van der Waals surface area contributed by atoms with Crippen molar-refractivity contribution in [1.82, 2.24) is 4.90 Å². The van der Waals surface area contributed by atoms with Crippen molar-refractivity contribution >= 4 is 6.08 Å². The summed E-state index contributed by atoms with van der Waals surface area (Å²) in [5.74, 6) is 0. The van der Waals surface area contributed by atoms with Gasteiger partial charge in [0.15, 0.2) is 0 Å². The van der Waals surface area contributed by atoms with Crippen LogP contribution in [0.5, 0.6) is 0 Å². The number of hydrogen-bond acceptors (Lipinski definition) is 1. The summed E-state index contributed by atoms with van der Waals surface area (Å²) in [5, 5.41) is 0. The van der Waals surface area contributed by atoms with E-state index in [0.29, 0.717) is 0 Å². The third-order valence-corrected chi connectivity index (χ3v) is 3.50. The monoisotopic (exact) mass is 229 g/mol. The van der Waals surface area contributed by atoms with Gasteiger partial charge in [-0.3, -0.25) is 4.90 Å². The van der Waals surface area contributed by atoms with E-state index in [1.54, 1.807) is 5.57 Å². The van der Waals surface area contributed by atoms with Crippen LogP contribution in [0.3, 0.4) is 0 Å². The Labute approximate surface area is 105 Å². The third-order valence-electron chi connectivity index (χ3n) is 3.50. The van der Waals surface area contributed by atoms with Gasteiger partial charge in [0, 0.05) is 6.54 Å². The number of likely N-dealkylation sites (tertiary alicyclic amines) is 1. The fourth-order valence-electron chi connectivity index (χ4n) is 2.45. The maximum absolute atomic E-state index is 2.60. The van der Waals surface area contributed by atoms with Crippen LogP contribution in [0.4, 0.5) is 0 Å². The Hall–Kier alpha value is -1.08. The molecule has 0 radical (unpaired) electrons. The zero-order valence-corrected chi connectivity index (χ0v) is 10.9. The topological polar surface area (TPSA) is 3.24 Å². The van der Waals surface area contributed by atoms with Crippen LogP contribution in [-0.4, -0.2) is 24.5 Å². The lowest BCUT2D eigenvalue weighted by Gasteiger charge is -2.27. The lowest BCUT2D eigenvalue weighted by atomic mass is 10.1. The van der Waals surface area contributed by atoms with Gasteiger partial charge in [-0.2, -0.15) is 0 Å². The summed E-state index contributed by atoms with van der Waals surface area (Å²) in [6.45, 7) is 5.99. The first-order chi connectivity index (χ1) is 8.38. The van der Waals surface area contributed by atoms with E-state index < -0.39 is 0 Å². The van der Waals surface area contributed by atoms with Gasteiger partial charge < -0.3 is 0 Å². The molecule has 0 aromatic heterocycles. The highest BCUT2D eigenvalue weighted by Crippen LogP contribution is 2.15. The molecule has 2 rings (SSSR count). The van der Waals surface area contributed by atoms with Crippen LogP contribution in [0.25, 0.3) is 6.08 Å². The number of piperidine rings is 1. The lowest BCUT2D eigenvalue weighted by molar-refractivity contribution is 0.245. The summed E-state index contributed by atoms with van der Waals surface area (Å²) >= 11 is 0. The molecule has 0 amide bonds. The zero-order chi connectivity index (χ0) is 11.9. The van der Waals surface area contributed by atoms with Crippen LogP contribution < -0.4 is 0 Å². The first kappa shape index (κ1) is 12.4. The Morgan fingerprint density at radius 3 is 2.47 bits per heavy atom. The van der Waals surface area contributed by atoms with Gasteiger partial charge in [-0.05, 0) is 37.9 Å². The van der Waals surface area contributed by atoms with E-state index in [1.807, 2.05) is 0 Å². The SMILES string of the molecule is CC/C(=C/c1ccccc1)CN1CCCCC1. The number of hydrogen-bond donors (Lipinski definition) is 0. The zero-order valence-electron chi connectivity index (χ0n) is 10.9.